The minimum absolute atomic E-state index is 0.138. The first-order valence-corrected chi connectivity index (χ1v) is 9.43. The molecule has 0 aliphatic heterocycles. The van der Waals surface area contributed by atoms with Crippen LogP contribution in [0, 0.1) is 0 Å². The molecule has 0 spiro atoms. The number of hydrogen-bond acceptors (Lipinski definition) is 5. The average molecular weight is 377 g/mol. The molecule has 0 heterocycles. The summed E-state index contributed by atoms with van der Waals surface area (Å²) in [7, 11) is -0.549. The van der Waals surface area contributed by atoms with Gasteiger partial charge in [0.2, 0.25) is 10.0 Å². The van der Waals surface area contributed by atoms with Gasteiger partial charge in [-0.25, -0.2) is 8.42 Å². The molecule has 0 bridgehead atoms. The molecule has 2 rings (SSSR count). The number of benzene rings is 2. The van der Waals surface area contributed by atoms with Crippen LogP contribution in [0.2, 0.25) is 0 Å². The fourth-order valence-electron chi connectivity index (χ4n) is 2.24. The van der Waals surface area contributed by atoms with Gasteiger partial charge in [0.1, 0.15) is 5.75 Å². The zero-order chi connectivity index (χ0) is 19.5. The largest absolute Gasteiger partial charge is 0.495 e. The molecular weight excluding hydrogens is 354 g/mol. The van der Waals surface area contributed by atoms with Crippen LogP contribution < -0.4 is 15.8 Å². The number of carbonyl (C=O) groups is 1. The van der Waals surface area contributed by atoms with Crippen LogP contribution in [0.1, 0.15) is 24.2 Å². The smallest absolute Gasteiger partial charge is 0.255 e. The number of methoxy groups -OCH3 is 1. The molecule has 1 amide bonds. The van der Waals surface area contributed by atoms with E-state index in [0.717, 1.165) is 0 Å². The molecule has 0 fully saturated rings. The predicted octanol–water partition coefficient (Wildman–Crippen LogP) is 2.56. The highest BCUT2D eigenvalue weighted by atomic mass is 32.2. The van der Waals surface area contributed by atoms with Crippen molar-refractivity contribution < 1.29 is 17.9 Å². The lowest BCUT2D eigenvalue weighted by Crippen LogP contribution is -2.33. The minimum atomic E-state index is -3.58. The van der Waals surface area contributed by atoms with E-state index in [2.05, 4.69) is 5.32 Å². The molecule has 0 saturated carbocycles. The molecule has 0 atom stereocenters. The van der Waals surface area contributed by atoms with Gasteiger partial charge < -0.3 is 15.8 Å². The normalized spacial score (nSPS) is 11.6. The van der Waals surface area contributed by atoms with E-state index in [1.165, 1.54) is 42.7 Å². The molecule has 2 aromatic carbocycles. The summed E-state index contributed by atoms with van der Waals surface area (Å²) in [4.78, 5) is 12.5. The summed E-state index contributed by atoms with van der Waals surface area (Å²) in [5.74, 6) is 0.155. The molecule has 7 nitrogen and oxygen atoms in total. The highest BCUT2D eigenvalue weighted by molar-refractivity contribution is 7.89. The zero-order valence-electron chi connectivity index (χ0n) is 15.2. The van der Waals surface area contributed by atoms with Crippen molar-refractivity contribution in [2.45, 2.75) is 24.8 Å². The Labute approximate surface area is 153 Å². The van der Waals surface area contributed by atoms with E-state index < -0.39 is 10.0 Å². The summed E-state index contributed by atoms with van der Waals surface area (Å²) in [5.41, 5.74) is 7.08. The second kappa shape index (κ2) is 7.76. The Balaban J connectivity index is 2.18. The third-order valence-corrected chi connectivity index (χ3v) is 6.06. The van der Waals surface area contributed by atoms with Gasteiger partial charge >= 0.3 is 0 Å². The van der Waals surface area contributed by atoms with Gasteiger partial charge in [0.05, 0.1) is 17.7 Å². The van der Waals surface area contributed by atoms with Gasteiger partial charge in [-0.2, -0.15) is 4.31 Å². The second-order valence-electron chi connectivity index (χ2n) is 6.05. The van der Waals surface area contributed by atoms with E-state index in [4.69, 9.17) is 10.5 Å². The number of anilines is 2. The number of carbonyl (C=O) groups excluding carboxylic acids is 1. The van der Waals surface area contributed by atoms with Gasteiger partial charge in [0.25, 0.3) is 5.91 Å². The summed E-state index contributed by atoms with van der Waals surface area (Å²) in [6.45, 7) is 3.58. The van der Waals surface area contributed by atoms with Crippen LogP contribution in [0.4, 0.5) is 11.4 Å². The van der Waals surface area contributed by atoms with Crippen LogP contribution in [0.15, 0.2) is 47.4 Å². The van der Waals surface area contributed by atoms with Crippen LogP contribution in [0.25, 0.3) is 0 Å². The maximum Gasteiger partial charge on any atom is 0.255 e. The number of nitrogen functional groups attached to an aromatic ring is 1. The van der Waals surface area contributed by atoms with E-state index in [1.54, 1.807) is 32.0 Å². The maximum atomic E-state index is 12.4. The van der Waals surface area contributed by atoms with Gasteiger partial charge in [-0.1, -0.05) is 0 Å². The lowest BCUT2D eigenvalue weighted by atomic mass is 10.2. The number of nitrogens with two attached hydrogens (primary N) is 1. The molecule has 0 saturated heterocycles. The van der Waals surface area contributed by atoms with E-state index >= 15 is 0 Å². The molecule has 0 aliphatic rings. The Kier molecular flexibility index (Phi) is 5.89. The van der Waals surface area contributed by atoms with Crippen molar-refractivity contribution in [2.75, 3.05) is 25.2 Å². The Morgan fingerprint density at radius 1 is 1.15 bits per heavy atom. The standard InChI is InChI=1S/C18H23N3O4S/c1-12(2)21(3)26(23,24)15-8-5-13(6-9-15)18(22)20-14-7-10-17(25-4)16(19)11-14/h5-12H,19H2,1-4H3,(H,20,22). The van der Waals surface area contributed by atoms with Gasteiger partial charge in [-0.15, -0.1) is 0 Å². The lowest BCUT2D eigenvalue weighted by molar-refractivity contribution is 0.102. The van der Waals surface area contributed by atoms with Crippen LogP contribution in [0.3, 0.4) is 0 Å². The van der Waals surface area contributed by atoms with Crippen molar-refractivity contribution >= 4 is 27.3 Å². The molecule has 8 heteroatoms. The first-order chi connectivity index (χ1) is 12.2. The Morgan fingerprint density at radius 3 is 2.27 bits per heavy atom. The molecular formula is C18H23N3O4S. The highest BCUT2D eigenvalue weighted by Gasteiger charge is 2.23. The number of nitrogens with zero attached hydrogens (tertiary/aromatic N) is 1. The fourth-order valence-corrected chi connectivity index (χ4v) is 3.61. The van der Waals surface area contributed by atoms with Crippen LogP contribution in [-0.2, 0) is 10.0 Å². The van der Waals surface area contributed by atoms with Crippen molar-refractivity contribution in [1.82, 2.24) is 4.31 Å². The maximum absolute atomic E-state index is 12.4. The number of nitrogens with one attached hydrogen (secondary N) is 1. The number of hydrogen-bond donors (Lipinski definition) is 2. The van der Waals surface area contributed by atoms with Gasteiger partial charge in [0, 0.05) is 24.3 Å². The summed E-state index contributed by atoms with van der Waals surface area (Å²) in [6, 6.07) is 10.5. The quantitative estimate of drug-likeness (QED) is 0.753. The van der Waals surface area contributed by atoms with E-state index in [1.807, 2.05) is 0 Å². The van der Waals surface area contributed by atoms with Crippen molar-refractivity contribution in [1.29, 1.82) is 0 Å². The molecule has 0 aromatic heterocycles. The number of amides is 1. The summed E-state index contributed by atoms with van der Waals surface area (Å²) in [6.07, 6.45) is 0. The molecule has 0 unspecified atom stereocenters. The van der Waals surface area contributed by atoms with Crippen LogP contribution in [-0.4, -0.2) is 38.8 Å². The van der Waals surface area contributed by atoms with Gasteiger partial charge in [0.15, 0.2) is 0 Å². The summed E-state index contributed by atoms with van der Waals surface area (Å²) >= 11 is 0. The minimum Gasteiger partial charge on any atom is -0.495 e. The number of ether oxygens (including phenoxy) is 1. The monoisotopic (exact) mass is 377 g/mol. The molecule has 26 heavy (non-hydrogen) atoms. The zero-order valence-corrected chi connectivity index (χ0v) is 16.0. The predicted molar refractivity (Wildman–Crippen MR) is 102 cm³/mol. The lowest BCUT2D eigenvalue weighted by Gasteiger charge is -2.21. The SMILES string of the molecule is COc1ccc(NC(=O)c2ccc(S(=O)(=O)N(C)C(C)C)cc2)cc1N. The van der Waals surface area contributed by atoms with E-state index in [-0.39, 0.29) is 16.8 Å². The Hall–Kier alpha value is -2.58. The van der Waals surface area contributed by atoms with Crippen molar-refractivity contribution in [3.8, 4) is 5.75 Å². The Morgan fingerprint density at radius 2 is 1.77 bits per heavy atom. The first kappa shape index (κ1) is 19.7. The fraction of sp³-hybridized carbons (Fsp3) is 0.278. The summed E-state index contributed by atoms with van der Waals surface area (Å²) < 4.78 is 31.2. The molecule has 3 N–H and O–H groups in total. The van der Waals surface area contributed by atoms with Crippen molar-refractivity contribution in [2.24, 2.45) is 0 Å². The highest BCUT2D eigenvalue weighted by Crippen LogP contribution is 2.25. The third-order valence-electron chi connectivity index (χ3n) is 4.01. The number of rotatable bonds is 6. The average Bonchev–Trinajstić information content (AvgIpc) is 2.61. The van der Waals surface area contributed by atoms with Crippen LogP contribution in [0.5, 0.6) is 5.75 Å². The Bertz CT molecular complexity index is 893. The second-order valence-corrected chi connectivity index (χ2v) is 8.05. The topological polar surface area (TPSA) is 102 Å². The number of sulfonamides is 1. The van der Waals surface area contributed by atoms with Gasteiger partial charge in [-0.05, 0) is 56.3 Å². The van der Waals surface area contributed by atoms with Crippen molar-refractivity contribution in [3.05, 3.63) is 48.0 Å². The third kappa shape index (κ3) is 4.14. The van der Waals surface area contributed by atoms with Crippen molar-refractivity contribution in [3.63, 3.8) is 0 Å². The first-order valence-electron chi connectivity index (χ1n) is 7.99. The van der Waals surface area contributed by atoms with Crippen LogP contribution >= 0.6 is 0 Å². The summed E-state index contributed by atoms with van der Waals surface area (Å²) in [5, 5.41) is 2.72. The molecule has 2 aromatic rings. The van der Waals surface area contributed by atoms with E-state index in [9.17, 15) is 13.2 Å². The molecule has 140 valence electrons. The van der Waals surface area contributed by atoms with Gasteiger partial charge in [-0.3, -0.25) is 4.79 Å². The molecule has 0 radical (unpaired) electrons. The van der Waals surface area contributed by atoms with E-state index in [0.29, 0.717) is 22.7 Å². The molecule has 0 aliphatic carbocycles.